The van der Waals surface area contributed by atoms with Gasteiger partial charge in [-0.2, -0.15) is 0 Å². The summed E-state index contributed by atoms with van der Waals surface area (Å²) < 4.78 is 27.2. The molecule has 1 aromatic rings. The Bertz CT molecular complexity index is 595. The largest absolute Gasteiger partial charge is 0.388 e. The van der Waals surface area contributed by atoms with Gasteiger partial charge in [0.15, 0.2) is 0 Å². The summed E-state index contributed by atoms with van der Waals surface area (Å²) in [6, 6.07) is 3.03. The molecule has 1 aliphatic carbocycles. The minimum absolute atomic E-state index is 0.0161. The van der Waals surface area contributed by atoms with Crippen LogP contribution in [-0.2, 0) is 10.0 Å². The minimum atomic E-state index is -3.62. The van der Waals surface area contributed by atoms with Gasteiger partial charge in [0.2, 0.25) is 10.0 Å². The first kappa shape index (κ1) is 14.4. The summed E-state index contributed by atoms with van der Waals surface area (Å²) in [4.78, 5) is 3.97. The zero-order valence-corrected chi connectivity index (χ0v) is 12.4. The predicted octanol–water partition coefficient (Wildman–Crippen LogP) is 1.18. The maximum Gasteiger partial charge on any atom is 0.242 e. The van der Waals surface area contributed by atoms with E-state index in [0.29, 0.717) is 6.54 Å². The van der Waals surface area contributed by atoms with Crippen LogP contribution in [-0.4, -0.2) is 24.9 Å². The van der Waals surface area contributed by atoms with Crippen molar-refractivity contribution in [3.63, 3.8) is 0 Å². The first-order valence-electron chi connectivity index (χ1n) is 6.15. The highest BCUT2D eigenvalue weighted by Gasteiger charge is 2.41. The van der Waals surface area contributed by atoms with Gasteiger partial charge in [-0.3, -0.25) is 4.98 Å². The summed E-state index contributed by atoms with van der Waals surface area (Å²) in [5.41, 5.74) is 5.79. The number of rotatable bonds is 6. The van der Waals surface area contributed by atoms with Gasteiger partial charge in [-0.15, -0.1) is 0 Å². The monoisotopic (exact) mass is 299 g/mol. The standard InChI is InChI=1S/C12H17N3O2S2/c1-2-12(5-6-12)8-15-19(16,17)9-4-3-7-14-10(9)11(13)18/h3-4,7,15H,2,5-6,8H2,1H3,(H2,13,18). The van der Waals surface area contributed by atoms with Gasteiger partial charge in [0.1, 0.15) is 15.6 Å². The Morgan fingerprint density at radius 1 is 1.58 bits per heavy atom. The summed E-state index contributed by atoms with van der Waals surface area (Å²) in [5, 5.41) is 0. The van der Waals surface area contributed by atoms with Crippen molar-refractivity contribution < 1.29 is 8.42 Å². The summed E-state index contributed by atoms with van der Waals surface area (Å²) >= 11 is 4.83. The third kappa shape index (κ3) is 3.10. The molecule has 104 valence electrons. The van der Waals surface area contributed by atoms with Crippen LogP contribution in [0.2, 0.25) is 0 Å². The number of hydrogen-bond acceptors (Lipinski definition) is 4. The maximum atomic E-state index is 12.3. The molecule has 1 fully saturated rings. The number of thiocarbonyl (C=S) groups is 1. The van der Waals surface area contributed by atoms with Crippen LogP contribution in [0.3, 0.4) is 0 Å². The predicted molar refractivity (Wildman–Crippen MR) is 77.3 cm³/mol. The SMILES string of the molecule is CCC1(CNS(=O)(=O)c2cccnc2C(N)=S)CC1. The minimum Gasteiger partial charge on any atom is -0.388 e. The molecule has 1 aromatic heterocycles. The van der Waals surface area contributed by atoms with E-state index in [2.05, 4.69) is 16.6 Å². The Morgan fingerprint density at radius 3 is 2.79 bits per heavy atom. The first-order valence-corrected chi connectivity index (χ1v) is 8.04. The molecule has 0 aliphatic heterocycles. The van der Waals surface area contributed by atoms with Gasteiger partial charge in [0.25, 0.3) is 0 Å². The van der Waals surface area contributed by atoms with Crippen molar-refractivity contribution in [3.8, 4) is 0 Å². The molecular formula is C12H17N3O2S2. The molecule has 0 radical (unpaired) electrons. The van der Waals surface area contributed by atoms with Crippen LogP contribution < -0.4 is 10.5 Å². The Labute approximate surface area is 118 Å². The van der Waals surface area contributed by atoms with E-state index in [1.165, 1.54) is 12.3 Å². The number of sulfonamides is 1. The van der Waals surface area contributed by atoms with Crippen LogP contribution in [0, 0.1) is 5.41 Å². The molecule has 7 heteroatoms. The lowest BCUT2D eigenvalue weighted by Gasteiger charge is -2.14. The number of pyridine rings is 1. The third-order valence-corrected chi connectivity index (χ3v) is 5.26. The molecule has 0 bridgehead atoms. The molecule has 0 atom stereocenters. The highest BCUT2D eigenvalue weighted by molar-refractivity contribution is 7.89. The Kier molecular flexibility index (Phi) is 3.89. The summed E-state index contributed by atoms with van der Waals surface area (Å²) in [6.07, 6.45) is 4.59. The van der Waals surface area contributed by atoms with Gasteiger partial charge in [0, 0.05) is 12.7 Å². The lowest BCUT2D eigenvalue weighted by Crippen LogP contribution is -2.32. The summed E-state index contributed by atoms with van der Waals surface area (Å²) in [6.45, 7) is 2.53. The number of nitrogens with two attached hydrogens (primary N) is 1. The average Bonchev–Trinajstić information content (AvgIpc) is 3.17. The molecule has 3 N–H and O–H groups in total. The van der Waals surface area contributed by atoms with E-state index in [0.717, 1.165) is 19.3 Å². The molecule has 0 unspecified atom stereocenters. The molecule has 1 saturated carbocycles. The van der Waals surface area contributed by atoms with E-state index in [1.807, 2.05) is 0 Å². The van der Waals surface area contributed by atoms with Gasteiger partial charge < -0.3 is 5.73 Å². The van der Waals surface area contributed by atoms with E-state index in [4.69, 9.17) is 18.0 Å². The van der Waals surface area contributed by atoms with E-state index < -0.39 is 10.0 Å². The fourth-order valence-corrected chi connectivity index (χ4v) is 3.50. The number of hydrogen-bond donors (Lipinski definition) is 2. The topological polar surface area (TPSA) is 85.1 Å². The van der Waals surface area contributed by atoms with Gasteiger partial charge >= 0.3 is 0 Å². The van der Waals surface area contributed by atoms with Crippen LogP contribution in [0.25, 0.3) is 0 Å². The third-order valence-electron chi connectivity index (χ3n) is 3.64. The van der Waals surface area contributed by atoms with E-state index >= 15 is 0 Å². The second-order valence-corrected chi connectivity index (χ2v) is 7.07. The van der Waals surface area contributed by atoms with Gasteiger partial charge in [0.05, 0.1) is 0 Å². The fraction of sp³-hybridized carbons (Fsp3) is 0.500. The molecule has 0 amide bonds. The second-order valence-electron chi connectivity index (χ2n) is 4.89. The van der Waals surface area contributed by atoms with Crippen molar-refractivity contribution in [3.05, 3.63) is 24.0 Å². The quantitative estimate of drug-likeness (QED) is 0.771. The van der Waals surface area contributed by atoms with Crippen molar-refractivity contribution in [2.75, 3.05) is 6.54 Å². The van der Waals surface area contributed by atoms with Crippen molar-refractivity contribution in [1.82, 2.24) is 9.71 Å². The van der Waals surface area contributed by atoms with Crippen molar-refractivity contribution in [2.45, 2.75) is 31.1 Å². The number of nitrogens with zero attached hydrogens (tertiary/aromatic N) is 1. The van der Waals surface area contributed by atoms with Crippen LogP contribution in [0.1, 0.15) is 31.9 Å². The highest BCUT2D eigenvalue weighted by Crippen LogP contribution is 2.48. The Morgan fingerprint density at radius 2 is 2.26 bits per heavy atom. The fourth-order valence-electron chi connectivity index (χ4n) is 1.95. The smallest absolute Gasteiger partial charge is 0.242 e. The first-order chi connectivity index (χ1) is 8.90. The van der Waals surface area contributed by atoms with Crippen LogP contribution in [0.4, 0.5) is 0 Å². The van der Waals surface area contributed by atoms with E-state index in [1.54, 1.807) is 6.07 Å². The molecule has 1 heterocycles. The van der Waals surface area contributed by atoms with Gasteiger partial charge in [-0.1, -0.05) is 19.1 Å². The zero-order valence-electron chi connectivity index (χ0n) is 10.7. The lowest BCUT2D eigenvalue weighted by molar-refractivity contribution is 0.475. The van der Waals surface area contributed by atoms with Gasteiger partial charge in [-0.25, -0.2) is 13.1 Å². The van der Waals surface area contributed by atoms with Crippen molar-refractivity contribution in [1.29, 1.82) is 0 Å². The van der Waals surface area contributed by atoms with Crippen molar-refractivity contribution >= 4 is 27.2 Å². The Balaban J connectivity index is 2.22. The molecule has 1 aliphatic rings. The maximum absolute atomic E-state index is 12.3. The molecule has 0 aromatic carbocycles. The normalized spacial score (nSPS) is 17.1. The molecule has 0 spiro atoms. The molecule has 19 heavy (non-hydrogen) atoms. The molecule has 2 rings (SSSR count). The number of aromatic nitrogens is 1. The summed E-state index contributed by atoms with van der Waals surface area (Å²) in [7, 11) is -3.62. The van der Waals surface area contributed by atoms with Crippen molar-refractivity contribution in [2.24, 2.45) is 11.1 Å². The summed E-state index contributed by atoms with van der Waals surface area (Å²) in [5.74, 6) is 0. The van der Waals surface area contributed by atoms with Crippen LogP contribution >= 0.6 is 12.2 Å². The lowest BCUT2D eigenvalue weighted by atomic mass is 10.1. The van der Waals surface area contributed by atoms with Gasteiger partial charge in [-0.05, 0) is 36.8 Å². The highest BCUT2D eigenvalue weighted by atomic mass is 32.2. The number of nitrogens with one attached hydrogen (secondary N) is 1. The Hall–Kier alpha value is -1.05. The zero-order chi connectivity index (χ0) is 14.1. The second kappa shape index (κ2) is 5.15. The molecular weight excluding hydrogens is 282 g/mol. The van der Waals surface area contributed by atoms with E-state index in [9.17, 15) is 8.42 Å². The van der Waals surface area contributed by atoms with Crippen LogP contribution in [0.15, 0.2) is 23.2 Å². The average molecular weight is 299 g/mol. The van der Waals surface area contributed by atoms with E-state index in [-0.39, 0.29) is 21.0 Å². The van der Waals surface area contributed by atoms with Crippen LogP contribution in [0.5, 0.6) is 0 Å². The molecule has 5 nitrogen and oxygen atoms in total. The molecule has 0 saturated heterocycles.